The molecule has 0 aliphatic carbocycles. The second-order valence-electron chi connectivity index (χ2n) is 3.57. The molecule has 1 atom stereocenters. The molecule has 0 aliphatic heterocycles. The van der Waals surface area contributed by atoms with Crippen molar-refractivity contribution in [3.8, 4) is 0 Å². The van der Waals surface area contributed by atoms with E-state index in [9.17, 15) is 0 Å². The van der Waals surface area contributed by atoms with E-state index in [0.717, 1.165) is 6.42 Å². The summed E-state index contributed by atoms with van der Waals surface area (Å²) in [4.78, 5) is -0.274. The van der Waals surface area contributed by atoms with Crippen molar-refractivity contribution < 1.29 is 0 Å². The SMILES string of the molecule is CCC(C)(C)C(C)(Cl)CCl. The van der Waals surface area contributed by atoms with Gasteiger partial charge in [-0.25, -0.2) is 0 Å². The van der Waals surface area contributed by atoms with E-state index in [1.807, 2.05) is 6.92 Å². The van der Waals surface area contributed by atoms with Crippen molar-refractivity contribution in [1.29, 1.82) is 0 Å². The average Bonchev–Trinajstić information content (AvgIpc) is 1.88. The van der Waals surface area contributed by atoms with Gasteiger partial charge < -0.3 is 0 Å². The first-order valence-electron chi connectivity index (χ1n) is 3.62. The molecule has 2 heteroatoms. The molecular weight excluding hydrogens is 167 g/mol. The summed E-state index contributed by atoms with van der Waals surface area (Å²) in [6, 6.07) is 0. The molecule has 0 heterocycles. The van der Waals surface area contributed by atoms with Crippen LogP contribution in [0.3, 0.4) is 0 Å². The fourth-order valence-corrected chi connectivity index (χ4v) is 1.04. The molecule has 0 aromatic heterocycles. The molecule has 0 saturated carbocycles. The van der Waals surface area contributed by atoms with Gasteiger partial charge in [-0.2, -0.15) is 0 Å². The highest BCUT2D eigenvalue weighted by Crippen LogP contribution is 2.39. The van der Waals surface area contributed by atoms with Crippen molar-refractivity contribution in [2.45, 2.75) is 39.0 Å². The zero-order valence-electron chi connectivity index (χ0n) is 7.17. The molecule has 1 unspecified atom stereocenters. The van der Waals surface area contributed by atoms with Gasteiger partial charge in [0.05, 0.1) is 4.87 Å². The monoisotopic (exact) mass is 182 g/mol. The van der Waals surface area contributed by atoms with Crippen molar-refractivity contribution in [2.24, 2.45) is 5.41 Å². The molecular formula is C8H16Cl2. The van der Waals surface area contributed by atoms with E-state index in [2.05, 4.69) is 20.8 Å². The molecule has 0 nitrogen and oxygen atoms in total. The molecule has 0 fully saturated rings. The minimum absolute atomic E-state index is 0.121. The lowest BCUT2D eigenvalue weighted by Crippen LogP contribution is -2.37. The van der Waals surface area contributed by atoms with Gasteiger partial charge in [-0.15, -0.1) is 23.2 Å². The molecule has 0 amide bonds. The summed E-state index contributed by atoms with van der Waals surface area (Å²) in [7, 11) is 0. The molecule has 0 aromatic rings. The van der Waals surface area contributed by atoms with Crippen LogP contribution in [-0.4, -0.2) is 10.8 Å². The minimum atomic E-state index is -0.274. The lowest BCUT2D eigenvalue weighted by atomic mass is 9.78. The van der Waals surface area contributed by atoms with Crippen molar-refractivity contribution in [3.05, 3.63) is 0 Å². The first kappa shape index (κ1) is 10.6. The molecule has 10 heavy (non-hydrogen) atoms. The van der Waals surface area contributed by atoms with E-state index in [0.29, 0.717) is 5.88 Å². The molecule has 0 radical (unpaired) electrons. The van der Waals surface area contributed by atoms with E-state index < -0.39 is 0 Å². The largest absolute Gasteiger partial charge is 0.125 e. The average molecular weight is 183 g/mol. The van der Waals surface area contributed by atoms with Crippen LogP contribution in [0.15, 0.2) is 0 Å². The van der Waals surface area contributed by atoms with Gasteiger partial charge in [0.2, 0.25) is 0 Å². The second kappa shape index (κ2) is 3.32. The Morgan fingerprint density at radius 3 is 1.70 bits per heavy atom. The fraction of sp³-hybridized carbons (Fsp3) is 1.00. The Labute approximate surface area is 73.9 Å². The van der Waals surface area contributed by atoms with Gasteiger partial charge in [-0.1, -0.05) is 20.8 Å². The van der Waals surface area contributed by atoms with Crippen LogP contribution in [0.2, 0.25) is 0 Å². The zero-order chi connectivity index (χ0) is 8.41. The summed E-state index contributed by atoms with van der Waals surface area (Å²) in [6.45, 7) is 8.41. The van der Waals surface area contributed by atoms with Gasteiger partial charge in [0, 0.05) is 5.88 Å². The van der Waals surface area contributed by atoms with E-state index >= 15 is 0 Å². The molecule has 0 aromatic carbocycles. The molecule has 0 N–H and O–H groups in total. The Hall–Kier alpha value is 0.580. The summed E-state index contributed by atoms with van der Waals surface area (Å²) < 4.78 is 0. The van der Waals surface area contributed by atoms with Crippen LogP contribution in [0.4, 0.5) is 0 Å². The van der Waals surface area contributed by atoms with Gasteiger partial charge in [0.25, 0.3) is 0 Å². The first-order valence-corrected chi connectivity index (χ1v) is 4.53. The third-order valence-corrected chi connectivity index (χ3v) is 3.86. The van der Waals surface area contributed by atoms with Crippen LogP contribution in [0.1, 0.15) is 34.1 Å². The molecule has 62 valence electrons. The second-order valence-corrected chi connectivity index (χ2v) is 4.67. The van der Waals surface area contributed by atoms with Crippen LogP contribution >= 0.6 is 23.2 Å². The standard InChI is InChI=1S/C8H16Cl2/c1-5-7(2,3)8(4,10)6-9/h5-6H2,1-4H3. The minimum Gasteiger partial charge on any atom is -0.125 e. The maximum atomic E-state index is 6.18. The number of alkyl halides is 2. The highest BCUT2D eigenvalue weighted by molar-refractivity contribution is 6.30. The van der Waals surface area contributed by atoms with E-state index in [1.54, 1.807) is 0 Å². The summed E-state index contributed by atoms with van der Waals surface area (Å²) >= 11 is 11.9. The van der Waals surface area contributed by atoms with Crippen molar-refractivity contribution in [1.82, 2.24) is 0 Å². The molecule has 0 aliphatic rings. The van der Waals surface area contributed by atoms with Crippen LogP contribution in [0, 0.1) is 5.41 Å². The summed E-state index contributed by atoms with van der Waals surface area (Å²) in [5, 5.41) is 0. The summed E-state index contributed by atoms with van der Waals surface area (Å²) in [6.07, 6.45) is 1.06. The number of hydrogen-bond donors (Lipinski definition) is 0. The normalized spacial score (nSPS) is 18.6. The predicted octanol–water partition coefficient (Wildman–Crippen LogP) is 3.66. The Balaban J connectivity index is 4.28. The third kappa shape index (κ3) is 2.03. The Kier molecular flexibility index (Phi) is 3.51. The zero-order valence-corrected chi connectivity index (χ0v) is 8.68. The lowest BCUT2D eigenvalue weighted by Gasteiger charge is -2.37. The van der Waals surface area contributed by atoms with E-state index in [1.165, 1.54) is 0 Å². The molecule has 0 saturated heterocycles. The maximum absolute atomic E-state index is 6.18. The number of halogens is 2. The van der Waals surface area contributed by atoms with Crippen molar-refractivity contribution in [3.63, 3.8) is 0 Å². The van der Waals surface area contributed by atoms with Gasteiger partial charge in [0.15, 0.2) is 0 Å². The Morgan fingerprint density at radius 2 is 1.60 bits per heavy atom. The molecule has 0 rings (SSSR count). The van der Waals surface area contributed by atoms with Crippen LogP contribution < -0.4 is 0 Å². The maximum Gasteiger partial charge on any atom is 0.0604 e. The highest BCUT2D eigenvalue weighted by Gasteiger charge is 2.36. The smallest absolute Gasteiger partial charge is 0.0604 e. The van der Waals surface area contributed by atoms with Crippen molar-refractivity contribution in [2.75, 3.05) is 5.88 Å². The predicted molar refractivity (Wildman–Crippen MR) is 49.1 cm³/mol. The Bertz CT molecular complexity index is 91.8. The highest BCUT2D eigenvalue weighted by atomic mass is 35.5. The van der Waals surface area contributed by atoms with Gasteiger partial charge in [-0.3, -0.25) is 0 Å². The first-order chi connectivity index (χ1) is 4.37. The number of hydrogen-bond acceptors (Lipinski definition) is 0. The number of rotatable bonds is 3. The van der Waals surface area contributed by atoms with Crippen LogP contribution in [-0.2, 0) is 0 Å². The van der Waals surface area contributed by atoms with Gasteiger partial charge >= 0.3 is 0 Å². The quantitative estimate of drug-likeness (QED) is 0.585. The lowest BCUT2D eigenvalue weighted by molar-refractivity contribution is 0.268. The molecule has 0 bridgehead atoms. The van der Waals surface area contributed by atoms with Gasteiger partial charge in [-0.05, 0) is 18.8 Å². The van der Waals surface area contributed by atoms with Crippen molar-refractivity contribution >= 4 is 23.2 Å². The van der Waals surface area contributed by atoms with E-state index in [4.69, 9.17) is 23.2 Å². The Morgan fingerprint density at radius 1 is 1.20 bits per heavy atom. The topological polar surface area (TPSA) is 0 Å². The third-order valence-electron chi connectivity index (χ3n) is 2.55. The fourth-order valence-electron chi connectivity index (χ4n) is 0.549. The van der Waals surface area contributed by atoms with Crippen LogP contribution in [0.25, 0.3) is 0 Å². The summed E-state index contributed by atoms with van der Waals surface area (Å²) in [5.41, 5.74) is 0.121. The van der Waals surface area contributed by atoms with Gasteiger partial charge in [0.1, 0.15) is 0 Å². The summed E-state index contributed by atoms with van der Waals surface area (Å²) in [5.74, 6) is 0.509. The van der Waals surface area contributed by atoms with Crippen LogP contribution in [0.5, 0.6) is 0 Å². The van der Waals surface area contributed by atoms with E-state index in [-0.39, 0.29) is 10.3 Å². The molecule has 0 spiro atoms.